The Bertz CT molecular complexity index is 656. The van der Waals surface area contributed by atoms with Crippen molar-refractivity contribution in [1.82, 2.24) is 15.5 Å². The minimum Gasteiger partial charge on any atom is -0.492 e. The molecule has 2 saturated heterocycles. The molecule has 8 heteroatoms. The number of carbonyl (C=O) groups excluding carboxylic acids is 1. The van der Waals surface area contributed by atoms with Gasteiger partial charge in [0.25, 0.3) is 0 Å². The van der Waals surface area contributed by atoms with Gasteiger partial charge in [-0.15, -0.1) is 24.0 Å². The maximum atomic E-state index is 12.9. The van der Waals surface area contributed by atoms with Crippen molar-refractivity contribution in [2.24, 2.45) is 10.4 Å². The molecule has 6 nitrogen and oxygen atoms in total. The van der Waals surface area contributed by atoms with Gasteiger partial charge in [0.15, 0.2) is 5.96 Å². The third-order valence-corrected chi connectivity index (χ3v) is 4.93. The van der Waals surface area contributed by atoms with E-state index < -0.39 is 0 Å². The third-order valence-electron chi connectivity index (χ3n) is 4.93. The van der Waals surface area contributed by atoms with Crippen molar-refractivity contribution in [2.75, 3.05) is 39.3 Å². The summed E-state index contributed by atoms with van der Waals surface area (Å²) in [4.78, 5) is 18.6. The zero-order chi connectivity index (χ0) is 18.4. The largest absolute Gasteiger partial charge is 0.492 e. The number of hydrogen-bond acceptors (Lipinski definition) is 3. The lowest BCUT2D eigenvalue weighted by molar-refractivity contribution is -0.119. The number of guanidine groups is 1. The highest BCUT2D eigenvalue weighted by molar-refractivity contribution is 14.0. The van der Waals surface area contributed by atoms with Crippen LogP contribution < -0.4 is 15.4 Å². The lowest BCUT2D eigenvalue weighted by Gasteiger charge is -2.40. The van der Waals surface area contributed by atoms with Gasteiger partial charge in [-0.3, -0.25) is 4.79 Å². The Kier molecular flexibility index (Phi) is 8.12. The molecule has 150 valence electrons. The minimum absolute atomic E-state index is 0. The molecule has 27 heavy (non-hydrogen) atoms. The van der Waals surface area contributed by atoms with Crippen molar-refractivity contribution in [2.45, 2.75) is 26.2 Å². The SMILES string of the molecule is CCNC(=NCCOc1ccc(F)cc1)N1CCCC2(CNC(=O)C2)C1.I. The first-order valence-electron chi connectivity index (χ1n) is 9.29. The highest BCUT2D eigenvalue weighted by Crippen LogP contribution is 2.35. The standard InChI is InChI=1S/C19H27FN4O2.HI/c1-2-21-18(22-9-11-26-16-6-4-15(20)5-7-16)24-10-3-8-19(14-24)12-17(25)23-13-19;/h4-7H,2-3,8-14H2,1H3,(H,21,22)(H,23,25);1H. The monoisotopic (exact) mass is 490 g/mol. The second kappa shape index (κ2) is 10.1. The molecule has 0 bridgehead atoms. The van der Waals surface area contributed by atoms with Gasteiger partial charge < -0.3 is 20.3 Å². The normalized spacial score (nSPS) is 22.4. The number of amides is 1. The van der Waals surface area contributed by atoms with E-state index in [0.29, 0.717) is 25.3 Å². The van der Waals surface area contributed by atoms with Crippen LogP contribution >= 0.6 is 24.0 Å². The van der Waals surface area contributed by atoms with Crippen LogP contribution in [0.1, 0.15) is 26.2 Å². The first kappa shape index (κ1) is 21.7. The molecule has 1 aromatic carbocycles. The van der Waals surface area contributed by atoms with Crippen molar-refractivity contribution in [3.8, 4) is 5.75 Å². The highest BCUT2D eigenvalue weighted by Gasteiger charge is 2.42. The molecule has 1 atom stereocenters. The number of carbonyl (C=O) groups is 1. The van der Waals surface area contributed by atoms with Crippen LogP contribution in [0.4, 0.5) is 4.39 Å². The average Bonchev–Trinajstić information content (AvgIpc) is 2.99. The van der Waals surface area contributed by atoms with Crippen LogP contribution in [0.25, 0.3) is 0 Å². The molecule has 0 aliphatic carbocycles. The molecule has 2 aliphatic heterocycles. The van der Waals surface area contributed by atoms with Crippen LogP contribution in [0.15, 0.2) is 29.3 Å². The van der Waals surface area contributed by atoms with Crippen LogP contribution in [0, 0.1) is 11.2 Å². The molecule has 1 aromatic rings. The van der Waals surface area contributed by atoms with E-state index in [-0.39, 0.29) is 41.1 Å². The topological polar surface area (TPSA) is 66.0 Å². The van der Waals surface area contributed by atoms with Crippen molar-refractivity contribution in [3.63, 3.8) is 0 Å². The Morgan fingerprint density at radius 1 is 1.41 bits per heavy atom. The zero-order valence-corrected chi connectivity index (χ0v) is 18.0. The fraction of sp³-hybridized carbons (Fsp3) is 0.579. The highest BCUT2D eigenvalue weighted by atomic mass is 127. The van der Waals surface area contributed by atoms with Gasteiger partial charge in [-0.1, -0.05) is 0 Å². The number of aliphatic imine (C=N–C) groups is 1. The number of hydrogen-bond donors (Lipinski definition) is 2. The van der Waals surface area contributed by atoms with Crippen LogP contribution in [-0.4, -0.2) is 56.1 Å². The molecule has 2 aliphatic rings. The lowest BCUT2D eigenvalue weighted by atomic mass is 9.79. The first-order valence-corrected chi connectivity index (χ1v) is 9.29. The maximum Gasteiger partial charge on any atom is 0.220 e. The Hall–Kier alpha value is -1.58. The molecule has 0 aromatic heterocycles. The lowest BCUT2D eigenvalue weighted by Crippen LogP contribution is -2.51. The third kappa shape index (κ3) is 5.95. The number of rotatable bonds is 5. The molecule has 1 amide bonds. The summed E-state index contributed by atoms with van der Waals surface area (Å²) in [6.45, 7) is 6.33. The smallest absolute Gasteiger partial charge is 0.220 e. The van der Waals surface area contributed by atoms with Crippen molar-refractivity contribution >= 4 is 35.8 Å². The minimum atomic E-state index is -0.274. The number of likely N-dealkylation sites (tertiary alicyclic amines) is 1. The summed E-state index contributed by atoms with van der Waals surface area (Å²) >= 11 is 0. The van der Waals surface area contributed by atoms with E-state index in [2.05, 4.69) is 20.5 Å². The van der Waals surface area contributed by atoms with Crippen LogP contribution in [0.5, 0.6) is 5.75 Å². The van der Waals surface area contributed by atoms with Crippen molar-refractivity contribution in [1.29, 1.82) is 0 Å². The van der Waals surface area contributed by atoms with Gasteiger partial charge in [0, 0.05) is 38.0 Å². The van der Waals surface area contributed by atoms with E-state index in [9.17, 15) is 9.18 Å². The second-order valence-corrected chi connectivity index (χ2v) is 7.02. The van der Waals surface area contributed by atoms with Gasteiger partial charge in [0.2, 0.25) is 5.91 Å². The van der Waals surface area contributed by atoms with E-state index in [4.69, 9.17) is 4.74 Å². The molecule has 1 unspecified atom stereocenters. The fourth-order valence-electron chi connectivity index (χ4n) is 3.70. The van der Waals surface area contributed by atoms with E-state index in [1.165, 1.54) is 12.1 Å². The predicted octanol–water partition coefficient (Wildman–Crippen LogP) is 2.39. The quantitative estimate of drug-likeness (QED) is 0.288. The summed E-state index contributed by atoms with van der Waals surface area (Å²) in [5.41, 5.74) is 0.0378. The molecule has 0 radical (unpaired) electrons. The molecule has 0 saturated carbocycles. The summed E-state index contributed by atoms with van der Waals surface area (Å²) < 4.78 is 18.5. The molecular weight excluding hydrogens is 462 g/mol. The van der Waals surface area contributed by atoms with Gasteiger partial charge in [-0.2, -0.15) is 0 Å². The maximum absolute atomic E-state index is 12.9. The Morgan fingerprint density at radius 3 is 2.85 bits per heavy atom. The van der Waals surface area contributed by atoms with Gasteiger partial charge in [-0.05, 0) is 44.0 Å². The van der Waals surface area contributed by atoms with E-state index in [1.807, 2.05) is 6.92 Å². The predicted molar refractivity (Wildman–Crippen MR) is 114 cm³/mol. The van der Waals surface area contributed by atoms with E-state index >= 15 is 0 Å². The van der Waals surface area contributed by atoms with Gasteiger partial charge in [-0.25, -0.2) is 9.38 Å². The molecule has 3 rings (SSSR count). The summed E-state index contributed by atoms with van der Waals surface area (Å²) in [6.07, 6.45) is 2.75. The summed E-state index contributed by atoms with van der Waals surface area (Å²) in [7, 11) is 0. The number of nitrogens with one attached hydrogen (secondary N) is 2. The molecule has 1 spiro atoms. The number of piperidine rings is 1. The first-order chi connectivity index (χ1) is 12.6. The van der Waals surface area contributed by atoms with E-state index in [0.717, 1.165) is 45.0 Å². The number of halogens is 2. The Labute approximate surface area is 177 Å². The number of nitrogens with zero attached hydrogens (tertiary/aromatic N) is 2. The Morgan fingerprint density at radius 2 is 2.19 bits per heavy atom. The number of ether oxygens (including phenoxy) is 1. The van der Waals surface area contributed by atoms with E-state index in [1.54, 1.807) is 12.1 Å². The van der Waals surface area contributed by atoms with Gasteiger partial charge >= 0.3 is 0 Å². The van der Waals surface area contributed by atoms with Gasteiger partial charge in [0.05, 0.1) is 6.54 Å². The molecular formula is C19H28FIN4O2. The molecule has 2 fully saturated rings. The van der Waals surface area contributed by atoms with Crippen LogP contribution in [0.2, 0.25) is 0 Å². The summed E-state index contributed by atoms with van der Waals surface area (Å²) in [5, 5.41) is 6.31. The molecule has 2 heterocycles. The molecule has 2 N–H and O–H groups in total. The second-order valence-electron chi connectivity index (χ2n) is 7.02. The van der Waals surface area contributed by atoms with Crippen LogP contribution in [-0.2, 0) is 4.79 Å². The Balaban J connectivity index is 0.00000261. The van der Waals surface area contributed by atoms with Crippen molar-refractivity contribution < 1.29 is 13.9 Å². The summed E-state index contributed by atoms with van der Waals surface area (Å²) in [5.74, 6) is 1.39. The zero-order valence-electron chi connectivity index (χ0n) is 15.7. The van der Waals surface area contributed by atoms with Crippen LogP contribution in [0.3, 0.4) is 0 Å². The number of benzene rings is 1. The van der Waals surface area contributed by atoms with Crippen molar-refractivity contribution in [3.05, 3.63) is 30.1 Å². The summed E-state index contributed by atoms with van der Waals surface area (Å²) in [6, 6.07) is 5.99. The average molecular weight is 490 g/mol. The van der Waals surface area contributed by atoms with Gasteiger partial charge in [0.1, 0.15) is 18.2 Å². The fourth-order valence-corrected chi connectivity index (χ4v) is 3.70.